The van der Waals surface area contributed by atoms with Crippen LogP contribution in [0, 0.1) is 18.3 Å². The van der Waals surface area contributed by atoms with E-state index in [4.69, 9.17) is 4.74 Å². The molecule has 0 atom stereocenters. The molecule has 134 valence electrons. The number of benzene rings is 1. The number of hydrogen-bond acceptors (Lipinski definition) is 5. The Labute approximate surface area is 151 Å². The fourth-order valence-corrected chi connectivity index (χ4v) is 2.65. The standard InChI is InChI=1S/C20H20N2O4/c1-4-10-22-19(24)15(12-21)13(3)17(20(22)25)18(23)14-8-6-7-9-16(14)26-11-5-2/h4,6-9,25H,1,5,10-11H2,2-3H3. The summed E-state index contributed by atoms with van der Waals surface area (Å²) in [5, 5.41) is 19.9. The van der Waals surface area contributed by atoms with Gasteiger partial charge in [-0.3, -0.25) is 14.2 Å². The molecule has 6 heteroatoms. The van der Waals surface area contributed by atoms with Gasteiger partial charge >= 0.3 is 0 Å². The lowest BCUT2D eigenvalue weighted by Crippen LogP contribution is -2.26. The Bertz CT molecular complexity index is 952. The van der Waals surface area contributed by atoms with Crippen molar-refractivity contribution in [2.24, 2.45) is 0 Å². The first kappa shape index (κ1) is 19.0. The highest BCUT2D eigenvalue weighted by Gasteiger charge is 2.26. The van der Waals surface area contributed by atoms with E-state index in [-0.39, 0.29) is 28.8 Å². The first-order chi connectivity index (χ1) is 12.5. The van der Waals surface area contributed by atoms with E-state index in [1.54, 1.807) is 24.3 Å². The van der Waals surface area contributed by atoms with E-state index in [1.807, 2.05) is 13.0 Å². The Kier molecular flexibility index (Phi) is 5.97. The monoisotopic (exact) mass is 352 g/mol. The summed E-state index contributed by atoms with van der Waals surface area (Å²) >= 11 is 0. The molecule has 0 bridgehead atoms. The van der Waals surface area contributed by atoms with Crippen molar-refractivity contribution in [3.8, 4) is 17.7 Å². The number of aromatic hydroxyl groups is 1. The molecule has 26 heavy (non-hydrogen) atoms. The normalized spacial score (nSPS) is 10.2. The molecule has 0 aliphatic heterocycles. The summed E-state index contributed by atoms with van der Waals surface area (Å²) in [6.45, 7) is 7.38. The summed E-state index contributed by atoms with van der Waals surface area (Å²) in [6, 6.07) is 8.50. The lowest BCUT2D eigenvalue weighted by molar-refractivity contribution is 0.103. The zero-order valence-corrected chi connectivity index (χ0v) is 14.8. The second-order valence-corrected chi connectivity index (χ2v) is 5.69. The van der Waals surface area contributed by atoms with Gasteiger partial charge in [-0.1, -0.05) is 25.1 Å². The zero-order chi connectivity index (χ0) is 19.3. The van der Waals surface area contributed by atoms with Crippen LogP contribution in [-0.4, -0.2) is 22.1 Å². The van der Waals surface area contributed by atoms with E-state index in [1.165, 1.54) is 13.0 Å². The van der Waals surface area contributed by atoms with Crippen LogP contribution in [0.2, 0.25) is 0 Å². The van der Waals surface area contributed by atoms with E-state index < -0.39 is 17.2 Å². The highest BCUT2D eigenvalue weighted by molar-refractivity contribution is 6.13. The van der Waals surface area contributed by atoms with E-state index in [0.29, 0.717) is 12.4 Å². The average Bonchev–Trinajstić information content (AvgIpc) is 2.64. The molecule has 0 aliphatic rings. The predicted molar refractivity (Wildman–Crippen MR) is 97.7 cm³/mol. The van der Waals surface area contributed by atoms with Gasteiger partial charge in [0.25, 0.3) is 5.56 Å². The van der Waals surface area contributed by atoms with Crippen LogP contribution in [-0.2, 0) is 6.54 Å². The van der Waals surface area contributed by atoms with Gasteiger partial charge in [-0.05, 0) is 31.0 Å². The summed E-state index contributed by atoms with van der Waals surface area (Å²) < 4.78 is 6.57. The molecule has 1 aromatic heterocycles. The van der Waals surface area contributed by atoms with Crippen LogP contribution in [0.15, 0.2) is 41.7 Å². The molecule has 0 saturated heterocycles. The first-order valence-corrected chi connectivity index (χ1v) is 8.21. The Morgan fingerprint density at radius 1 is 1.42 bits per heavy atom. The predicted octanol–water partition coefficient (Wildman–Crippen LogP) is 2.94. The van der Waals surface area contributed by atoms with Crippen molar-refractivity contribution in [3.63, 3.8) is 0 Å². The van der Waals surface area contributed by atoms with Crippen molar-refractivity contribution in [2.75, 3.05) is 6.61 Å². The van der Waals surface area contributed by atoms with Gasteiger partial charge in [-0.25, -0.2) is 0 Å². The average molecular weight is 352 g/mol. The number of hydrogen-bond donors (Lipinski definition) is 1. The summed E-state index contributed by atoms with van der Waals surface area (Å²) in [5.74, 6) is -0.610. The zero-order valence-electron chi connectivity index (χ0n) is 14.8. The lowest BCUT2D eigenvalue weighted by atomic mass is 9.96. The third-order valence-electron chi connectivity index (χ3n) is 3.93. The van der Waals surface area contributed by atoms with E-state index >= 15 is 0 Å². The highest BCUT2D eigenvalue weighted by Crippen LogP contribution is 2.28. The molecule has 0 fully saturated rings. The van der Waals surface area contributed by atoms with Gasteiger partial charge < -0.3 is 9.84 Å². The second kappa shape index (κ2) is 8.17. The Morgan fingerprint density at radius 2 is 2.12 bits per heavy atom. The molecule has 6 nitrogen and oxygen atoms in total. The minimum absolute atomic E-state index is 0.0200. The molecule has 0 radical (unpaired) electrons. The molecule has 0 unspecified atom stereocenters. The van der Waals surface area contributed by atoms with Gasteiger partial charge in [-0.15, -0.1) is 6.58 Å². The summed E-state index contributed by atoms with van der Waals surface area (Å²) in [7, 11) is 0. The number of rotatable bonds is 7. The number of carbonyl (C=O) groups excluding carboxylic acids is 1. The SMILES string of the molecule is C=CCn1c(O)c(C(=O)c2ccccc2OCCC)c(C)c(C#N)c1=O. The summed E-state index contributed by atoms with van der Waals surface area (Å²) in [6.07, 6.45) is 2.18. The molecule has 0 amide bonds. The number of ketones is 1. The molecular formula is C20H20N2O4. The topological polar surface area (TPSA) is 92.3 Å². The summed E-state index contributed by atoms with van der Waals surface area (Å²) in [4.78, 5) is 25.5. The van der Waals surface area contributed by atoms with Crippen molar-refractivity contribution < 1.29 is 14.6 Å². The molecule has 0 spiro atoms. The maximum Gasteiger partial charge on any atom is 0.271 e. The van der Waals surface area contributed by atoms with Crippen molar-refractivity contribution in [1.29, 1.82) is 5.26 Å². The molecule has 0 aliphatic carbocycles. The van der Waals surface area contributed by atoms with E-state index in [2.05, 4.69) is 6.58 Å². The van der Waals surface area contributed by atoms with Gasteiger partial charge in [0.05, 0.1) is 17.7 Å². The quantitative estimate of drug-likeness (QED) is 0.611. The van der Waals surface area contributed by atoms with Gasteiger partial charge in [0.2, 0.25) is 11.7 Å². The maximum atomic E-state index is 13.1. The lowest BCUT2D eigenvalue weighted by Gasteiger charge is -2.16. The molecule has 0 saturated carbocycles. The minimum Gasteiger partial charge on any atom is -0.494 e. The number of aromatic nitrogens is 1. The van der Waals surface area contributed by atoms with Crippen LogP contribution in [0.5, 0.6) is 11.6 Å². The van der Waals surface area contributed by atoms with Gasteiger partial charge in [0.15, 0.2) is 0 Å². The van der Waals surface area contributed by atoms with Gasteiger partial charge in [0.1, 0.15) is 17.4 Å². The van der Waals surface area contributed by atoms with Crippen LogP contribution in [0.25, 0.3) is 0 Å². The Balaban J connectivity index is 2.71. The third kappa shape index (κ3) is 3.38. The van der Waals surface area contributed by atoms with Crippen LogP contribution in [0.1, 0.15) is 40.4 Å². The summed E-state index contributed by atoms with van der Waals surface area (Å²) in [5.41, 5.74) is -0.525. The van der Waals surface area contributed by atoms with E-state index in [0.717, 1.165) is 11.0 Å². The molecule has 1 aromatic carbocycles. The fraction of sp³-hybridized carbons (Fsp3) is 0.250. The fourth-order valence-electron chi connectivity index (χ4n) is 2.65. The number of pyridine rings is 1. The van der Waals surface area contributed by atoms with Gasteiger partial charge in [0, 0.05) is 6.54 Å². The molecule has 2 rings (SSSR count). The van der Waals surface area contributed by atoms with Gasteiger partial charge in [-0.2, -0.15) is 5.26 Å². The van der Waals surface area contributed by atoms with Crippen molar-refractivity contribution in [3.05, 3.63) is 69.5 Å². The van der Waals surface area contributed by atoms with Crippen molar-refractivity contribution >= 4 is 5.78 Å². The van der Waals surface area contributed by atoms with Crippen molar-refractivity contribution in [1.82, 2.24) is 4.57 Å². The van der Waals surface area contributed by atoms with Crippen molar-refractivity contribution in [2.45, 2.75) is 26.8 Å². The van der Waals surface area contributed by atoms with Crippen LogP contribution < -0.4 is 10.3 Å². The van der Waals surface area contributed by atoms with Crippen LogP contribution in [0.4, 0.5) is 0 Å². The van der Waals surface area contributed by atoms with E-state index in [9.17, 15) is 20.0 Å². The van der Waals surface area contributed by atoms with Crippen LogP contribution >= 0.6 is 0 Å². The number of nitrogens with zero attached hydrogens (tertiary/aromatic N) is 2. The van der Waals surface area contributed by atoms with Crippen LogP contribution in [0.3, 0.4) is 0 Å². The Morgan fingerprint density at radius 3 is 2.73 bits per heavy atom. The molecule has 2 aromatic rings. The smallest absolute Gasteiger partial charge is 0.271 e. The molecule has 1 heterocycles. The largest absolute Gasteiger partial charge is 0.494 e. The number of allylic oxidation sites excluding steroid dienone is 1. The number of nitriles is 1. The molecule has 1 N–H and O–H groups in total. The minimum atomic E-state index is -0.658. The third-order valence-corrected chi connectivity index (χ3v) is 3.93. The second-order valence-electron chi connectivity index (χ2n) is 5.69. The molecular weight excluding hydrogens is 332 g/mol. The maximum absolute atomic E-state index is 13.1. The number of para-hydroxylation sites is 1. The highest BCUT2D eigenvalue weighted by atomic mass is 16.5. The number of carbonyl (C=O) groups is 1. The number of ether oxygens (including phenoxy) is 1. The Hall–Kier alpha value is -3.33. The first-order valence-electron chi connectivity index (χ1n) is 8.21.